The van der Waals surface area contributed by atoms with Crippen LogP contribution in [0, 0.1) is 17.0 Å². The molecule has 0 aliphatic carbocycles. The van der Waals surface area contributed by atoms with Crippen molar-refractivity contribution < 1.29 is 19.2 Å². The lowest BCUT2D eigenvalue weighted by atomic mass is 10.1. The van der Waals surface area contributed by atoms with E-state index >= 15 is 0 Å². The third kappa shape index (κ3) is 3.27. The largest absolute Gasteiger partial charge is 0.497 e. The highest BCUT2D eigenvalue weighted by Crippen LogP contribution is 2.25. The summed E-state index contributed by atoms with van der Waals surface area (Å²) in [7, 11) is 2.90. The fraction of sp³-hybridized carbons (Fsp3) is 0.250. The quantitative estimate of drug-likeness (QED) is 0.455. The number of ether oxygens (including phenoxy) is 2. The normalized spacial score (nSPS) is 10.3. The van der Waals surface area contributed by atoms with Gasteiger partial charge in [0.1, 0.15) is 11.5 Å². The zero-order valence-electron chi connectivity index (χ0n) is 13.4. The molecule has 0 amide bonds. The second-order valence-corrected chi connectivity index (χ2v) is 5.00. The highest BCUT2D eigenvalue weighted by atomic mass is 16.6. The highest BCUT2D eigenvalue weighted by molar-refractivity contribution is 5.98. The van der Waals surface area contributed by atoms with Crippen molar-refractivity contribution in [1.82, 2.24) is 4.57 Å². The van der Waals surface area contributed by atoms with Crippen LogP contribution in [0.2, 0.25) is 0 Å². The minimum atomic E-state index is -0.819. The van der Waals surface area contributed by atoms with Gasteiger partial charge in [0.05, 0.1) is 31.3 Å². The van der Waals surface area contributed by atoms with Gasteiger partial charge in [-0.25, -0.2) is 0 Å². The summed E-state index contributed by atoms with van der Waals surface area (Å²) in [5.74, 6) is 0.419. The number of hydrogen-bond acceptors (Lipinski definition) is 6. The zero-order chi connectivity index (χ0) is 17.9. The van der Waals surface area contributed by atoms with Gasteiger partial charge in [-0.1, -0.05) is 0 Å². The van der Waals surface area contributed by atoms with Gasteiger partial charge in [0.2, 0.25) is 0 Å². The zero-order valence-corrected chi connectivity index (χ0v) is 13.4. The van der Waals surface area contributed by atoms with Gasteiger partial charge in [0.25, 0.3) is 0 Å². The van der Waals surface area contributed by atoms with Crippen molar-refractivity contribution in [3.63, 3.8) is 0 Å². The van der Waals surface area contributed by atoms with E-state index < -0.39 is 22.0 Å². The summed E-state index contributed by atoms with van der Waals surface area (Å²) in [4.78, 5) is 34.8. The summed E-state index contributed by atoms with van der Waals surface area (Å²) in [5.41, 5.74) is -0.682. The number of Topliss-reactive ketones (excluding diaryl/α,β-unsaturated/α-hetero) is 1. The average molecular weight is 332 g/mol. The van der Waals surface area contributed by atoms with Crippen molar-refractivity contribution in [3.8, 4) is 11.5 Å². The highest BCUT2D eigenvalue weighted by Gasteiger charge is 2.20. The molecule has 2 aromatic rings. The van der Waals surface area contributed by atoms with Gasteiger partial charge in [0, 0.05) is 17.8 Å². The summed E-state index contributed by atoms with van der Waals surface area (Å²) in [5, 5.41) is 10.9. The van der Waals surface area contributed by atoms with Gasteiger partial charge in [0.15, 0.2) is 5.78 Å². The van der Waals surface area contributed by atoms with Crippen molar-refractivity contribution >= 4 is 11.5 Å². The van der Waals surface area contributed by atoms with Crippen LogP contribution in [0.1, 0.15) is 16.1 Å². The standard InChI is InChI=1S/C16H16N2O6/c1-10-4-7-13(18(21)22)16(20)17(10)9-14(19)12-6-5-11(23-2)8-15(12)24-3/h4-8H,9H2,1-3H3. The summed E-state index contributed by atoms with van der Waals surface area (Å²) >= 11 is 0. The molecular weight excluding hydrogens is 316 g/mol. The molecule has 126 valence electrons. The first-order valence-electron chi connectivity index (χ1n) is 6.99. The van der Waals surface area contributed by atoms with E-state index in [0.29, 0.717) is 17.2 Å². The molecule has 1 heterocycles. The number of rotatable bonds is 6. The van der Waals surface area contributed by atoms with Crippen LogP contribution in [0.15, 0.2) is 35.1 Å². The van der Waals surface area contributed by atoms with Gasteiger partial charge < -0.3 is 9.47 Å². The predicted molar refractivity (Wildman–Crippen MR) is 86.0 cm³/mol. The van der Waals surface area contributed by atoms with Crippen molar-refractivity contribution in [3.05, 3.63) is 62.1 Å². The molecular formula is C16H16N2O6. The predicted octanol–water partition coefficient (Wildman–Crippen LogP) is 1.97. The molecule has 24 heavy (non-hydrogen) atoms. The van der Waals surface area contributed by atoms with Gasteiger partial charge in [-0.3, -0.25) is 24.3 Å². The second-order valence-electron chi connectivity index (χ2n) is 5.00. The van der Waals surface area contributed by atoms with E-state index in [1.165, 1.54) is 26.4 Å². The number of carbonyl (C=O) groups excluding carboxylic acids is 1. The smallest absolute Gasteiger partial charge is 0.334 e. The lowest BCUT2D eigenvalue weighted by Crippen LogP contribution is -2.27. The van der Waals surface area contributed by atoms with Gasteiger partial charge in [-0.15, -0.1) is 0 Å². The molecule has 0 fully saturated rings. The molecule has 0 N–H and O–H groups in total. The molecule has 0 spiro atoms. The van der Waals surface area contributed by atoms with E-state index in [-0.39, 0.29) is 12.1 Å². The number of nitro groups is 1. The first-order chi connectivity index (χ1) is 11.4. The maximum Gasteiger partial charge on any atom is 0.334 e. The fourth-order valence-electron chi connectivity index (χ4n) is 2.25. The first kappa shape index (κ1) is 17.2. The molecule has 8 heteroatoms. The molecule has 2 rings (SSSR count). The lowest BCUT2D eigenvalue weighted by Gasteiger charge is -2.12. The lowest BCUT2D eigenvalue weighted by molar-refractivity contribution is -0.386. The molecule has 0 saturated carbocycles. The van der Waals surface area contributed by atoms with Crippen LogP contribution in [0.25, 0.3) is 0 Å². The number of pyridine rings is 1. The third-order valence-corrected chi connectivity index (χ3v) is 3.58. The molecule has 0 unspecified atom stereocenters. The number of hydrogen-bond donors (Lipinski definition) is 0. The molecule has 0 aliphatic rings. The molecule has 0 radical (unpaired) electrons. The van der Waals surface area contributed by atoms with E-state index in [1.807, 2.05) is 0 Å². The maximum absolute atomic E-state index is 12.5. The Kier molecular flexibility index (Phi) is 4.98. The SMILES string of the molecule is COc1ccc(C(=O)Cn2c(C)ccc([N+](=O)[O-])c2=O)c(OC)c1. The Labute approximate surface area is 137 Å². The van der Waals surface area contributed by atoms with E-state index in [4.69, 9.17) is 9.47 Å². The molecule has 0 saturated heterocycles. The average Bonchev–Trinajstić information content (AvgIpc) is 2.57. The molecule has 8 nitrogen and oxygen atoms in total. The summed E-state index contributed by atoms with van der Waals surface area (Å²) in [6, 6.07) is 7.23. The van der Waals surface area contributed by atoms with Gasteiger partial charge in [-0.05, 0) is 25.1 Å². The van der Waals surface area contributed by atoms with Crippen LogP contribution < -0.4 is 15.0 Å². The van der Waals surface area contributed by atoms with Crippen LogP contribution >= 0.6 is 0 Å². The number of aromatic nitrogens is 1. The monoisotopic (exact) mass is 332 g/mol. The van der Waals surface area contributed by atoms with Crippen molar-refractivity contribution in [2.24, 2.45) is 0 Å². The Hall–Kier alpha value is -3.16. The Morgan fingerprint density at radius 1 is 1.21 bits per heavy atom. The van der Waals surface area contributed by atoms with Crippen LogP contribution in [0.4, 0.5) is 5.69 Å². The number of methoxy groups -OCH3 is 2. The second kappa shape index (κ2) is 6.95. The van der Waals surface area contributed by atoms with Crippen molar-refractivity contribution in [2.75, 3.05) is 14.2 Å². The Bertz CT molecular complexity index is 856. The van der Waals surface area contributed by atoms with Crippen LogP contribution in [0.3, 0.4) is 0 Å². The minimum absolute atomic E-state index is 0.260. The first-order valence-corrected chi connectivity index (χ1v) is 6.99. The van der Waals surface area contributed by atoms with Crippen LogP contribution in [-0.4, -0.2) is 29.5 Å². The Balaban J connectivity index is 2.42. The molecule has 0 aliphatic heterocycles. The van der Waals surface area contributed by atoms with Crippen LogP contribution in [-0.2, 0) is 6.54 Å². The fourth-order valence-corrected chi connectivity index (χ4v) is 2.25. The van der Waals surface area contributed by atoms with Crippen LogP contribution in [0.5, 0.6) is 11.5 Å². The number of aryl methyl sites for hydroxylation is 1. The van der Waals surface area contributed by atoms with E-state index in [0.717, 1.165) is 10.6 Å². The number of ketones is 1. The number of benzene rings is 1. The van der Waals surface area contributed by atoms with E-state index in [1.54, 1.807) is 19.1 Å². The van der Waals surface area contributed by atoms with E-state index in [9.17, 15) is 19.7 Å². The molecule has 0 atom stereocenters. The van der Waals surface area contributed by atoms with Gasteiger partial charge in [-0.2, -0.15) is 0 Å². The van der Waals surface area contributed by atoms with Gasteiger partial charge >= 0.3 is 11.2 Å². The molecule has 1 aromatic heterocycles. The van der Waals surface area contributed by atoms with E-state index in [2.05, 4.69) is 0 Å². The van der Waals surface area contributed by atoms with Crippen molar-refractivity contribution in [1.29, 1.82) is 0 Å². The minimum Gasteiger partial charge on any atom is -0.497 e. The summed E-state index contributed by atoms with van der Waals surface area (Å²) in [6.45, 7) is 1.28. The molecule has 0 bridgehead atoms. The topological polar surface area (TPSA) is 101 Å². The summed E-state index contributed by atoms with van der Waals surface area (Å²) < 4.78 is 11.3. The summed E-state index contributed by atoms with van der Waals surface area (Å²) in [6.07, 6.45) is 0. The Morgan fingerprint density at radius 3 is 2.50 bits per heavy atom. The maximum atomic E-state index is 12.5. The molecule has 1 aromatic carbocycles. The number of carbonyl (C=O) groups is 1. The van der Waals surface area contributed by atoms with Crippen molar-refractivity contribution in [2.45, 2.75) is 13.5 Å². The number of nitrogens with zero attached hydrogens (tertiary/aromatic N) is 2. The Morgan fingerprint density at radius 2 is 1.92 bits per heavy atom. The third-order valence-electron chi connectivity index (χ3n) is 3.58.